The molecule has 0 saturated carbocycles. The number of benzene rings is 1. The summed E-state index contributed by atoms with van der Waals surface area (Å²) in [4.78, 5) is 13.1. The molecule has 0 spiro atoms. The van der Waals surface area contributed by atoms with E-state index in [0.29, 0.717) is 12.1 Å². The van der Waals surface area contributed by atoms with Gasteiger partial charge in [0, 0.05) is 12.6 Å². The first-order chi connectivity index (χ1) is 9.05. The van der Waals surface area contributed by atoms with Crippen LogP contribution in [0.2, 0.25) is 0 Å². The highest BCUT2D eigenvalue weighted by molar-refractivity contribution is 7.80. The summed E-state index contributed by atoms with van der Waals surface area (Å²) in [5.41, 5.74) is 3.60. The molecule has 0 aliphatic heterocycles. The molecule has 20 heavy (non-hydrogen) atoms. The first-order valence-corrected chi connectivity index (χ1v) is 5.89. The van der Waals surface area contributed by atoms with Crippen LogP contribution in [-0.4, -0.2) is 28.9 Å². The fourth-order valence-electron chi connectivity index (χ4n) is 1.45. The van der Waals surface area contributed by atoms with Gasteiger partial charge in [0.15, 0.2) is 0 Å². The van der Waals surface area contributed by atoms with E-state index in [4.69, 9.17) is 18.0 Å². The van der Waals surface area contributed by atoms with Gasteiger partial charge in [-0.2, -0.15) is 13.2 Å². The zero-order valence-corrected chi connectivity index (χ0v) is 11.5. The van der Waals surface area contributed by atoms with E-state index in [-0.39, 0.29) is 10.6 Å². The average Bonchev–Trinajstić information content (AvgIpc) is 2.35. The van der Waals surface area contributed by atoms with Crippen molar-refractivity contribution in [2.75, 3.05) is 7.05 Å². The molecule has 2 N–H and O–H groups in total. The predicted molar refractivity (Wildman–Crippen MR) is 69.7 cm³/mol. The van der Waals surface area contributed by atoms with Crippen LogP contribution in [-0.2, 0) is 6.18 Å². The van der Waals surface area contributed by atoms with Gasteiger partial charge in [-0.3, -0.25) is 4.79 Å². The van der Waals surface area contributed by atoms with E-state index >= 15 is 0 Å². The van der Waals surface area contributed by atoms with Crippen molar-refractivity contribution in [3.8, 4) is 0 Å². The van der Waals surface area contributed by atoms with Crippen LogP contribution in [0, 0.1) is 5.82 Å². The number of nitrogens with two attached hydrogens (primary N) is 1. The first-order valence-electron chi connectivity index (χ1n) is 5.49. The number of halogens is 4. The van der Waals surface area contributed by atoms with Crippen molar-refractivity contribution in [3.05, 3.63) is 35.1 Å². The molecule has 110 valence electrons. The second-order valence-electron chi connectivity index (χ2n) is 4.19. The maximum absolute atomic E-state index is 13.1. The van der Waals surface area contributed by atoms with Crippen LogP contribution < -0.4 is 5.73 Å². The van der Waals surface area contributed by atoms with Crippen molar-refractivity contribution in [3.63, 3.8) is 0 Å². The number of nitrogens with zero attached hydrogens (tertiary/aromatic N) is 1. The molecule has 8 heteroatoms. The lowest BCUT2D eigenvalue weighted by atomic mass is 10.1. The van der Waals surface area contributed by atoms with E-state index in [9.17, 15) is 22.4 Å². The highest BCUT2D eigenvalue weighted by Gasteiger charge is 2.35. The smallest absolute Gasteiger partial charge is 0.392 e. The van der Waals surface area contributed by atoms with E-state index in [0.717, 1.165) is 11.0 Å². The van der Waals surface area contributed by atoms with Gasteiger partial charge in [0.2, 0.25) is 0 Å². The molecule has 0 fully saturated rings. The van der Waals surface area contributed by atoms with Gasteiger partial charge in [-0.1, -0.05) is 12.2 Å². The second kappa shape index (κ2) is 5.74. The molecule has 0 aliphatic carbocycles. The van der Waals surface area contributed by atoms with Crippen molar-refractivity contribution < 1.29 is 22.4 Å². The van der Waals surface area contributed by atoms with Gasteiger partial charge in [0.1, 0.15) is 5.82 Å². The lowest BCUT2D eigenvalue weighted by Crippen LogP contribution is -2.42. The predicted octanol–water partition coefficient (Wildman–Crippen LogP) is 2.59. The summed E-state index contributed by atoms with van der Waals surface area (Å²) < 4.78 is 50.9. The molecule has 1 amide bonds. The largest absolute Gasteiger partial charge is 0.419 e. The number of carbonyl (C=O) groups excluding carboxylic acids is 1. The van der Waals surface area contributed by atoms with Gasteiger partial charge in [0.25, 0.3) is 5.91 Å². The molecule has 3 nitrogen and oxygen atoms in total. The standard InChI is InChI=1S/C12H12F4N2OS/c1-6(10(17)20)18(2)11(19)7-3-4-9(13)8(5-7)12(14,15)16/h3-6H,1-2H3,(H2,17,20). The Morgan fingerprint density at radius 3 is 2.40 bits per heavy atom. The van der Waals surface area contributed by atoms with Crippen LogP contribution in [0.15, 0.2) is 18.2 Å². The van der Waals surface area contributed by atoms with Crippen molar-refractivity contribution >= 4 is 23.1 Å². The highest BCUT2D eigenvalue weighted by atomic mass is 32.1. The molecule has 0 radical (unpaired) electrons. The minimum absolute atomic E-state index is 0.0269. The molecule has 1 rings (SSSR count). The Balaban J connectivity index is 3.15. The highest BCUT2D eigenvalue weighted by Crippen LogP contribution is 2.32. The minimum atomic E-state index is -4.87. The van der Waals surface area contributed by atoms with Gasteiger partial charge >= 0.3 is 6.18 Å². The Hall–Kier alpha value is -1.70. The molecular formula is C12H12F4N2OS. The SMILES string of the molecule is CC(C(N)=S)N(C)C(=O)c1ccc(F)c(C(F)(F)F)c1. The molecular weight excluding hydrogens is 296 g/mol. The number of hydrogen-bond acceptors (Lipinski definition) is 2. The molecule has 1 aromatic carbocycles. The summed E-state index contributed by atoms with van der Waals surface area (Å²) >= 11 is 4.71. The number of carbonyl (C=O) groups is 1. The summed E-state index contributed by atoms with van der Waals surface area (Å²) in [6.07, 6.45) is -4.87. The Morgan fingerprint density at radius 1 is 1.40 bits per heavy atom. The fourth-order valence-corrected chi connectivity index (χ4v) is 1.60. The Morgan fingerprint density at radius 2 is 1.95 bits per heavy atom. The summed E-state index contributed by atoms with van der Waals surface area (Å²) in [5, 5.41) is 0. The Bertz CT molecular complexity index is 545. The lowest BCUT2D eigenvalue weighted by molar-refractivity contribution is -0.140. The molecule has 1 atom stereocenters. The van der Waals surface area contributed by atoms with E-state index in [2.05, 4.69) is 0 Å². The van der Waals surface area contributed by atoms with Crippen molar-refractivity contribution in [2.24, 2.45) is 5.73 Å². The van der Waals surface area contributed by atoms with Crippen LogP contribution in [0.3, 0.4) is 0 Å². The second-order valence-corrected chi connectivity index (χ2v) is 4.66. The molecule has 0 bridgehead atoms. The summed E-state index contributed by atoms with van der Waals surface area (Å²) in [5.74, 6) is -2.16. The van der Waals surface area contributed by atoms with Gasteiger partial charge in [-0.05, 0) is 25.1 Å². The van der Waals surface area contributed by atoms with Crippen LogP contribution in [0.25, 0.3) is 0 Å². The van der Waals surface area contributed by atoms with Crippen molar-refractivity contribution in [1.29, 1.82) is 0 Å². The van der Waals surface area contributed by atoms with Crippen LogP contribution >= 0.6 is 12.2 Å². The zero-order chi connectivity index (χ0) is 15.7. The van der Waals surface area contributed by atoms with E-state index in [1.165, 1.54) is 14.0 Å². The summed E-state index contributed by atoms with van der Waals surface area (Å²) in [6.45, 7) is 1.54. The number of hydrogen-bond donors (Lipinski definition) is 1. The monoisotopic (exact) mass is 308 g/mol. The molecule has 1 unspecified atom stereocenters. The van der Waals surface area contributed by atoms with Gasteiger partial charge in [0.05, 0.1) is 16.6 Å². The van der Waals surface area contributed by atoms with Crippen molar-refractivity contribution in [2.45, 2.75) is 19.1 Å². The first kappa shape index (κ1) is 16.4. The molecule has 0 heterocycles. The number of alkyl halides is 3. The molecule has 0 saturated heterocycles. The number of rotatable bonds is 3. The Labute approximate surface area is 118 Å². The minimum Gasteiger partial charge on any atom is -0.392 e. The Kier molecular flexibility index (Phi) is 4.69. The van der Waals surface area contributed by atoms with Crippen LogP contribution in [0.4, 0.5) is 17.6 Å². The number of likely N-dealkylation sites (N-methyl/N-ethyl adjacent to an activating group) is 1. The van der Waals surface area contributed by atoms with E-state index < -0.39 is 29.5 Å². The van der Waals surface area contributed by atoms with Gasteiger partial charge in [-0.25, -0.2) is 4.39 Å². The number of amides is 1. The van der Waals surface area contributed by atoms with E-state index in [1.54, 1.807) is 0 Å². The van der Waals surface area contributed by atoms with Gasteiger partial charge < -0.3 is 10.6 Å². The average molecular weight is 308 g/mol. The van der Waals surface area contributed by atoms with Gasteiger partial charge in [-0.15, -0.1) is 0 Å². The summed E-state index contributed by atoms with van der Waals surface area (Å²) in [6, 6.07) is 1.43. The maximum Gasteiger partial charge on any atom is 0.419 e. The third-order valence-corrected chi connectivity index (χ3v) is 3.17. The van der Waals surface area contributed by atoms with Crippen LogP contribution in [0.1, 0.15) is 22.8 Å². The molecule has 0 aromatic heterocycles. The maximum atomic E-state index is 13.1. The topological polar surface area (TPSA) is 46.3 Å². The third-order valence-electron chi connectivity index (χ3n) is 2.83. The zero-order valence-electron chi connectivity index (χ0n) is 10.7. The third kappa shape index (κ3) is 3.44. The van der Waals surface area contributed by atoms with Crippen LogP contribution in [0.5, 0.6) is 0 Å². The lowest BCUT2D eigenvalue weighted by Gasteiger charge is -2.24. The quantitative estimate of drug-likeness (QED) is 0.689. The molecule has 1 aromatic rings. The molecule has 0 aliphatic rings. The number of thiocarbonyl (C=S) groups is 1. The fraction of sp³-hybridized carbons (Fsp3) is 0.333. The normalized spacial score (nSPS) is 12.9. The van der Waals surface area contributed by atoms with E-state index in [1.807, 2.05) is 0 Å². The summed E-state index contributed by atoms with van der Waals surface area (Å²) in [7, 11) is 1.35. The van der Waals surface area contributed by atoms with Crippen molar-refractivity contribution in [1.82, 2.24) is 4.90 Å².